The average molecular weight is 301 g/mol. The molecule has 0 fully saturated rings. The van der Waals surface area contributed by atoms with Crippen LogP contribution in [0.4, 0.5) is 5.69 Å². The maximum atomic E-state index is 12.4. The summed E-state index contributed by atoms with van der Waals surface area (Å²) >= 11 is 0. The number of aromatic nitrogens is 2. The lowest BCUT2D eigenvalue weighted by molar-refractivity contribution is 0.0698. The Hall–Kier alpha value is -2.63. The summed E-state index contributed by atoms with van der Waals surface area (Å²) in [5.41, 5.74) is 2.35. The van der Waals surface area contributed by atoms with E-state index in [-0.39, 0.29) is 23.2 Å². The van der Waals surface area contributed by atoms with E-state index in [1.54, 1.807) is 23.7 Å². The van der Waals surface area contributed by atoms with Crippen LogP contribution in [-0.4, -0.2) is 26.8 Å². The molecular formula is C16H19N3O3. The number of anilines is 1. The van der Waals surface area contributed by atoms with E-state index in [9.17, 15) is 14.7 Å². The Morgan fingerprint density at radius 1 is 1.23 bits per heavy atom. The van der Waals surface area contributed by atoms with Crippen molar-refractivity contribution in [1.82, 2.24) is 9.78 Å². The molecule has 116 valence electrons. The van der Waals surface area contributed by atoms with E-state index in [2.05, 4.69) is 10.4 Å². The Balaban J connectivity index is 2.32. The van der Waals surface area contributed by atoms with Crippen molar-refractivity contribution >= 4 is 17.6 Å². The largest absolute Gasteiger partial charge is 0.478 e. The molecule has 0 saturated heterocycles. The second-order valence-corrected chi connectivity index (χ2v) is 5.49. The van der Waals surface area contributed by atoms with Gasteiger partial charge in [-0.1, -0.05) is 11.6 Å². The van der Waals surface area contributed by atoms with E-state index in [0.717, 1.165) is 11.3 Å². The highest BCUT2D eigenvalue weighted by Crippen LogP contribution is 2.20. The van der Waals surface area contributed by atoms with Gasteiger partial charge in [0, 0.05) is 11.7 Å². The first-order chi connectivity index (χ1) is 10.3. The number of carboxylic acid groups (broad SMARTS) is 1. The molecule has 0 spiro atoms. The fraction of sp³-hybridized carbons (Fsp3) is 0.312. The predicted octanol–water partition coefficient (Wildman–Crippen LogP) is 3.03. The molecule has 2 N–H and O–H groups in total. The van der Waals surface area contributed by atoms with Gasteiger partial charge in [-0.3, -0.25) is 9.48 Å². The molecule has 1 amide bonds. The van der Waals surface area contributed by atoms with E-state index in [1.807, 2.05) is 20.8 Å². The minimum absolute atomic E-state index is 0.0715. The van der Waals surface area contributed by atoms with E-state index in [1.165, 1.54) is 12.3 Å². The summed E-state index contributed by atoms with van der Waals surface area (Å²) in [4.78, 5) is 23.7. The van der Waals surface area contributed by atoms with Gasteiger partial charge in [-0.25, -0.2) is 4.79 Å². The van der Waals surface area contributed by atoms with Crippen molar-refractivity contribution in [2.24, 2.45) is 0 Å². The standard InChI is InChI=1S/C16H19N3O3/c1-9(2)19-11(4)13(8-17-19)15(20)18-14-6-5-10(3)7-12(14)16(21)22/h5-9H,1-4H3,(H,18,20)(H,21,22). The number of hydrogen-bond donors (Lipinski definition) is 2. The van der Waals surface area contributed by atoms with E-state index >= 15 is 0 Å². The minimum Gasteiger partial charge on any atom is -0.478 e. The average Bonchev–Trinajstić information content (AvgIpc) is 2.82. The van der Waals surface area contributed by atoms with Gasteiger partial charge in [0.05, 0.1) is 23.0 Å². The van der Waals surface area contributed by atoms with Gasteiger partial charge in [-0.05, 0) is 39.8 Å². The lowest BCUT2D eigenvalue weighted by Gasteiger charge is -2.10. The third-order valence-electron chi connectivity index (χ3n) is 3.43. The zero-order valence-electron chi connectivity index (χ0n) is 13.0. The monoisotopic (exact) mass is 301 g/mol. The van der Waals surface area contributed by atoms with Gasteiger partial charge >= 0.3 is 5.97 Å². The summed E-state index contributed by atoms with van der Waals surface area (Å²) in [5.74, 6) is -1.44. The molecule has 22 heavy (non-hydrogen) atoms. The highest BCUT2D eigenvalue weighted by Gasteiger charge is 2.18. The van der Waals surface area contributed by atoms with Crippen LogP contribution in [0.3, 0.4) is 0 Å². The van der Waals surface area contributed by atoms with Crippen molar-refractivity contribution in [2.45, 2.75) is 33.7 Å². The number of nitrogens with zero attached hydrogens (tertiary/aromatic N) is 2. The summed E-state index contributed by atoms with van der Waals surface area (Å²) in [6, 6.07) is 5.03. The van der Waals surface area contributed by atoms with E-state index in [4.69, 9.17) is 0 Å². The number of nitrogens with one attached hydrogen (secondary N) is 1. The molecule has 1 heterocycles. The molecule has 0 aliphatic rings. The van der Waals surface area contributed by atoms with Crippen molar-refractivity contribution in [2.75, 3.05) is 5.32 Å². The molecule has 0 unspecified atom stereocenters. The second-order valence-electron chi connectivity index (χ2n) is 5.49. The number of carboxylic acids is 1. The SMILES string of the molecule is Cc1ccc(NC(=O)c2cnn(C(C)C)c2C)c(C(=O)O)c1. The van der Waals surface area contributed by atoms with Crippen LogP contribution >= 0.6 is 0 Å². The van der Waals surface area contributed by atoms with Crippen LogP contribution in [0.25, 0.3) is 0 Å². The first kappa shape index (κ1) is 15.8. The maximum Gasteiger partial charge on any atom is 0.337 e. The fourth-order valence-corrected chi connectivity index (χ4v) is 2.30. The topological polar surface area (TPSA) is 84.2 Å². The predicted molar refractivity (Wildman–Crippen MR) is 83.4 cm³/mol. The highest BCUT2D eigenvalue weighted by atomic mass is 16.4. The van der Waals surface area contributed by atoms with Gasteiger partial charge in [0.1, 0.15) is 0 Å². The van der Waals surface area contributed by atoms with Gasteiger partial charge in [-0.2, -0.15) is 5.10 Å². The number of amides is 1. The van der Waals surface area contributed by atoms with Crippen molar-refractivity contribution < 1.29 is 14.7 Å². The van der Waals surface area contributed by atoms with Crippen LogP contribution in [-0.2, 0) is 0 Å². The molecular weight excluding hydrogens is 282 g/mol. The number of aryl methyl sites for hydroxylation is 1. The molecule has 0 aliphatic carbocycles. The van der Waals surface area contributed by atoms with E-state index in [0.29, 0.717) is 5.56 Å². The number of aromatic carboxylic acids is 1. The minimum atomic E-state index is -1.08. The van der Waals surface area contributed by atoms with Gasteiger partial charge in [0.25, 0.3) is 5.91 Å². The molecule has 0 bridgehead atoms. The quantitative estimate of drug-likeness (QED) is 0.909. The van der Waals surface area contributed by atoms with E-state index < -0.39 is 5.97 Å². The van der Waals surface area contributed by atoms with Crippen LogP contribution in [0.2, 0.25) is 0 Å². The molecule has 6 nitrogen and oxygen atoms in total. The zero-order chi connectivity index (χ0) is 16.4. The summed E-state index contributed by atoms with van der Waals surface area (Å²) in [7, 11) is 0. The summed E-state index contributed by atoms with van der Waals surface area (Å²) in [6.45, 7) is 7.57. The zero-order valence-corrected chi connectivity index (χ0v) is 13.0. The third kappa shape index (κ3) is 3.00. The lowest BCUT2D eigenvalue weighted by atomic mass is 10.1. The number of rotatable bonds is 4. The number of benzene rings is 1. The van der Waals surface area contributed by atoms with Crippen molar-refractivity contribution in [3.63, 3.8) is 0 Å². The highest BCUT2D eigenvalue weighted by molar-refractivity contribution is 6.08. The molecule has 0 saturated carbocycles. The molecule has 0 aliphatic heterocycles. The molecule has 2 rings (SSSR count). The van der Waals surface area contributed by atoms with Crippen molar-refractivity contribution in [3.05, 3.63) is 46.8 Å². The molecule has 1 aromatic carbocycles. The lowest BCUT2D eigenvalue weighted by Crippen LogP contribution is -2.16. The summed E-state index contributed by atoms with van der Waals surface area (Å²) < 4.78 is 1.75. The molecule has 0 atom stereocenters. The first-order valence-corrected chi connectivity index (χ1v) is 7.00. The summed E-state index contributed by atoms with van der Waals surface area (Å²) in [6.07, 6.45) is 1.50. The van der Waals surface area contributed by atoms with Crippen LogP contribution in [0.1, 0.15) is 51.9 Å². The van der Waals surface area contributed by atoms with Crippen LogP contribution < -0.4 is 5.32 Å². The molecule has 6 heteroatoms. The normalized spacial score (nSPS) is 10.8. The van der Waals surface area contributed by atoms with Gasteiger partial charge < -0.3 is 10.4 Å². The Kier molecular flexibility index (Phi) is 4.30. The van der Waals surface area contributed by atoms with Gasteiger partial charge in [-0.15, -0.1) is 0 Å². The van der Waals surface area contributed by atoms with Gasteiger partial charge in [0.15, 0.2) is 0 Å². The molecule has 2 aromatic rings. The third-order valence-corrected chi connectivity index (χ3v) is 3.43. The Morgan fingerprint density at radius 2 is 1.91 bits per heavy atom. The van der Waals surface area contributed by atoms with Crippen molar-refractivity contribution in [1.29, 1.82) is 0 Å². The smallest absolute Gasteiger partial charge is 0.337 e. The number of carbonyl (C=O) groups excluding carboxylic acids is 1. The molecule has 0 radical (unpaired) electrons. The Labute approximate surface area is 128 Å². The van der Waals surface area contributed by atoms with Crippen LogP contribution in [0.5, 0.6) is 0 Å². The number of carbonyl (C=O) groups is 2. The maximum absolute atomic E-state index is 12.4. The fourth-order valence-electron chi connectivity index (χ4n) is 2.30. The summed E-state index contributed by atoms with van der Waals surface area (Å²) in [5, 5.41) is 16.1. The first-order valence-electron chi connectivity index (χ1n) is 7.00. The van der Waals surface area contributed by atoms with Gasteiger partial charge in [0.2, 0.25) is 0 Å². The second kappa shape index (κ2) is 6.01. The molecule has 1 aromatic heterocycles. The van der Waals surface area contributed by atoms with Crippen LogP contribution in [0.15, 0.2) is 24.4 Å². The van der Waals surface area contributed by atoms with Crippen molar-refractivity contribution in [3.8, 4) is 0 Å². The van der Waals surface area contributed by atoms with Crippen LogP contribution in [0, 0.1) is 13.8 Å². The Bertz CT molecular complexity index is 732. The Morgan fingerprint density at radius 3 is 2.45 bits per heavy atom. The number of hydrogen-bond acceptors (Lipinski definition) is 3.